The van der Waals surface area contributed by atoms with E-state index in [2.05, 4.69) is 4.99 Å². The molecular formula is C14H14N2O. The van der Waals surface area contributed by atoms with Crippen molar-refractivity contribution in [2.24, 2.45) is 4.99 Å². The number of fused-ring (bicyclic) bond motifs is 1. The summed E-state index contributed by atoms with van der Waals surface area (Å²) >= 11 is 0. The smallest absolute Gasteiger partial charge is 0.234 e. The number of para-hydroxylation sites is 1. The molecule has 0 radical (unpaired) electrons. The Labute approximate surface area is 99.7 Å². The molecule has 3 nitrogen and oxygen atoms in total. The molecule has 0 N–H and O–H groups in total. The lowest BCUT2D eigenvalue weighted by Crippen LogP contribution is -2.16. The Hall–Kier alpha value is -2.16. The monoisotopic (exact) mass is 226 g/mol. The van der Waals surface area contributed by atoms with Crippen molar-refractivity contribution in [1.29, 1.82) is 0 Å². The van der Waals surface area contributed by atoms with Gasteiger partial charge in [0.05, 0.1) is 5.52 Å². The zero-order valence-electron chi connectivity index (χ0n) is 9.92. The summed E-state index contributed by atoms with van der Waals surface area (Å²) in [4.78, 5) is 14.4. The molecule has 0 saturated carbocycles. The quantitative estimate of drug-likeness (QED) is 0.725. The van der Waals surface area contributed by atoms with Gasteiger partial charge in [0.2, 0.25) is 6.41 Å². The fourth-order valence-electron chi connectivity index (χ4n) is 1.77. The Bertz CT molecular complexity index is 647. The maximum atomic E-state index is 10.5. The van der Waals surface area contributed by atoms with Crippen LogP contribution in [0.1, 0.15) is 13.8 Å². The van der Waals surface area contributed by atoms with Crippen LogP contribution in [-0.2, 0) is 4.79 Å². The van der Waals surface area contributed by atoms with Crippen LogP contribution in [0.5, 0.6) is 0 Å². The number of hydrogen-bond acceptors (Lipinski definition) is 1. The summed E-state index contributed by atoms with van der Waals surface area (Å²) in [5, 5.41) is 1.12. The Morgan fingerprint density at radius 3 is 2.65 bits per heavy atom. The van der Waals surface area contributed by atoms with Crippen molar-refractivity contribution in [3.63, 3.8) is 0 Å². The molecular weight excluding hydrogens is 212 g/mol. The highest BCUT2D eigenvalue weighted by atomic mass is 16.1. The molecule has 0 bridgehead atoms. The lowest BCUT2D eigenvalue weighted by atomic mass is 10.2. The minimum Gasteiger partial charge on any atom is -0.301 e. The minimum atomic E-state index is 0.569. The van der Waals surface area contributed by atoms with Crippen molar-refractivity contribution in [2.75, 3.05) is 0 Å². The van der Waals surface area contributed by atoms with E-state index in [1.54, 1.807) is 0 Å². The highest BCUT2D eigenvalue weighted by Gasteiger charge is 1.98. The lowest BCUT2D eigenvalue weighted by Gasteiger charge is -2.07. The SMILES string of the molecule is CC(C)=Cn1c(=NC=O)ccc2ccccc21. The van der Waals surface area contributed by atoms with Gasteiger partial charge in [-0.15, -0.1) is 0 Å². The highest BCUT2D eigenvalue weighted by Crippen LogP contribution is 2.11. The number of carbonyl (C=O) groups is 1. The second-order valence-electron chi connectivity index (χ2n) is 4.06. The minimum absolute atomic E-state index is 0.569. The number of hydrogen-bond donors (Lipinski definition) is 0. The van der Waals surface area contributed by atoms with Crippen LogP contribution >= 0.6 is 0 Å². The van der Waals surface area contributed by atoms with E-state index in [0.29, 0.717) is 11.9 Å². The standard InChI is InChI=1S/C14H14N2O/c1-11(2)9-16-13-6-4-3-5-12(13)7-8-14(16)15-10-17/h3-10H,1-2H3. The van der Waals surface area contributed by atoms with Crippen LogP contribution in [0.25, 0.3) is 17.1 Å². The second-order valence-corrected chi connectivity index (χ2v) is 4.06. The molecule has 0 aliphatic rings. The maximum Gasteiger partial charge on any atom is 0.234 e. The summed E-state index contributed by atoms with van der Waals surface area (Å²) in [6.07, 6.45) is 2.55. The fourth-order valence-corrected chi connectivity index (χ4v) is 1.77. The van der Waals surface area contributed by atoms with E-state index in [1.165, 1.54) is 0 Å². The summed E-state index contributed by atoms with van der Waals surface area (Å²) in [6, 6.07) is 11.8. The van der Waals surface area contributed by atoms with Crippen molar-refractivity contribution < 1.29 is 4.79 Å². The number of nitrogens with zero attached hydrogens (tertiary/aromatic N) is 2. The first-order valence-corrected chi connectivity index (χ1v) is 5.45. The molecule has 0 unspecified atom stereocenters. The topological polar surface area (TPSA) is 34.4 Å². The molecule has 0 aliphatic heterocycles. The maximum absolute atomic E-state index is 10.5. The van der Waals surface area contributed by atoms with Gasteiger partial charge >= 0.3 is 0 Å². The zero-order valence-corrected chi connectivity index (χ0v) is 9.92. The van der Waals surface area contributed by atoms with Crippen LogP contribution in [0.4, 0.5) is 0 Å². The van der Waals surface area contributed by atoms with Gasteiger partial charge in [0.15, 0.2) is 0 Å². The Morgan fingerprint density at radius 2 is 1.94 bits per heavy atom. The molecule has 0 atom stereocenters. The van der Waals surface area contributed by atoms with Crippen LogP contribution < -0.4 is 5.49 Å². The third-order valence-electron chi connectivity index (χ3n) is 2.43. The molecule has 0 fully saturated rings. The second kappa shape index (κ2) is 4.78. The van der Waals surface area contributed by atoms with Crippen molar-refractivity contribution in [2.45, 2.75) is 13.8 Å². The van der Waals surface area contributed by atoms with Gasteiger partial charge < -0.3 is 4.57 Å². The van der Waals surface area contributed by atoms with E-state index in [1.807, 2.05) is 61.0 Å². The van der Waals surface area contributed by atoms with Crippen LogP contribution in [0.3, 0.4) is 0 Å². The third-order valence-corrected chi connectivity index (χ3v) is 2.43. The Balaban J connectivity index is 2.89. The molecule has 0 spiro atoms. The lowest BCUT2D eigenvalue weighted by molar-refractivity contribution is -0.107. The molecule has 2 aromatic rings. The Kier molecular flexibility index (Phi) is 3.19. The molecule has 1 heterocycles. The van der Waals surface area contributed by atoms with Gasteiger partial charge in [-0.2, -0.15) is 4.99 Å². The molecule has 1 amide bonds. The van der Waals surface area contributed by atoms with Crippen molar-refractivity contribution in [3.05, 3.63) is 47.5 Å². The first-order valence-electron chi connectivity index (χ1n) is 5.45. The molecule has 3 heteroatoms. The van der Waals surface area contributed by atoms with Gasteiger partial charge in [-0.1, -0.05) is 23.8 Å². The number of pyridine rings is 1. The third kappa shape index (κ3) is 2.33. The van der Waals surface area contributed by atoms with Gasteiger partial charge in [-0.3, -0.25) is 4.79 Å². The van der Waals surface area contributed by atoms with Crippen LogP contribution in [0, 0.1) is 0 Å². The first kappa shape index (κ1) is 11.3. The largest absolute Gasteiger partial charge is 0.301 e. The van der Waals surface area contributed by atoms with Gasteiger partial charge in [0.25, 0.3) is 0 Å². The van der Waals surface area contributed by atoms with E-state index < -0.39 is 0 Å². The molecule has 0 aliphatic carbocycles. The average molecular weight is 226 g/mol. The predicted octanol–water partition coefficient (Wildman–Crippen LogP) is 2.58. The molecule has 0 saturated heterocycles. The normalized spacial score (nSPS) is 11.5. The number of aromatic nitrogens is 1. The summed E-state index contributed by atoms with van der Waals surface area (Å²) < 4.78 is 1.93. The van der Waals surface area contributed by atoms with Crippen molar-refractivity contribution in [1.82, 2.24) is 4.57 Å². The van der Waals surface area contributed by atoms with Crippen LogP contribution in [-0.4, -0.2) is 11.0 Å². The molecule has 17 heavy (non-hydrogen) atoms. The number of benzene rings is 1. The fraction of sp³-hybridized carbons (Fsp3) is 0.143. The van der Waals surface area contributed by atoms with Crippen molar-refractivity contribution >= 4 is 23.5 Å². The van der Waals surface area contributed by atoms with Gasteiger partial charge in [-0.25, -0.2) is 0 Å². The van der Waals surface area contributed by atoms with E-state index in [4.69, 9.17) is 0 Å². The van der Waals surface area contributed by atoms with Gasteiger partial charge in [-0.05, 0) is 37.4 Å². The highest BCUT2D eigenvalue weighted by molar-refractivity contribution is 5.80. The van der Waals surface area contributed by atoms with Crippen LogP contribution in [0.2, 0.25) is 0 Å². The van der Waals surface area contributed by atoms with E-state index in [0.717, 1.165) is 16.5 Å². The number of allylic oxidation sites excluding steroid dienone is 1. The first-order chi connectivity index (χ1) is 8.22. The van der Waals surface area contributed by atoms with E-state index in [9.17, 15) is 4.79 Å². The zero-order chi connectivity index (χ0) is 12.3. The summed E-state index contributed by atoms with van der Waals surface area (Å²) in [5.41, 5.74) is 2.82. The number of rotatable bonds is 2. The average Bonchev–Trinajstić information content (AvgIpc) is 2.32. The summed E-state index contributed by atoms with van der Waals surface area (Å²) in [7, 11) is 0. The molecule has 1 aromatic carbocycles. The van der Waals surface area contributed by atoms with Gasteiger partial charge in [0.1, 0.15) is 5.49 Å². The van der Waals surface area contributed by atoms with Crippen LogP contribution in [0.15, 0.2) is 47.0 Å². The van der Waals surface area contributed by atoms with E-state index in [-0.39, 0.29) is 0 Å². The summed E-state index contributed by atoms with van der Waals surface area (Å²) in [6.45, 7) is 4.03. The van der Waals surface area contributed by atoms with E-state index >= 15 is 0 Å². The molecule has 86 valence electrons. The molecule has 2 rings (SSSR count). The Morgan fingerprint density at radius 1 is 1.18 bits per heavy atom. The number of amides is 1. The summed E-state index contributed by atoms with van der Waals surface area (Å²) in [5.74, 6) is 0. The number of carbonyl (C=O) groups excluding carboxylic acids is 1. The predicted molar refractivity (Wildman–Crippen MR) is 69.2 cm³/mol. The molecule has 1 aromatic heterocycles. The van der Waals surface area contributed by atoms with Crippen molar-refractivity contribution in [3.8, 4) is 0 Å². The van der Waals surface area contributed by atoms with Gasteiger partial charge in [0, 0.05) is 6.20 Å².